The Labute approximate surface area is 190 Å². The number of hydrogen-bond acceptors (Lipinski definition) is 6. The van der Waals surface area contributed by atoms with Gasteiger partial charge < -0.3 is 0 Å². The van der Waals surface area contributed by atoms with Crippen LogP contribution in [-0.4, -0.2) is 61.4 Å². The van der Waals surface area contributed by atoms with Crippen LogP contribution in [0.25, 0.3) is 5.69 Å². The molecule has 0 saturated carbocycles. The lowest BCUT2D eigenvalue weighted by Crippen LogP contribution is -2.50. The van der Waals surface area contributed by atoms with Crippen LogP contribution in [0.2, 0.25) is 4.34 Å². The van der Waals surface area contributed by atoms with Crippen LogP contribution < -0.4 is 0 Å². The second kappa shape index (κ2) is 8.30. The molecule has 1 saturated heterocycles. The van der Waals surface area contributed by atoms with Crippen LogP contribution in [0.3, 0.4) is 0 Å². The Bertz CT molecular complexity index is 1310. The number of sulfonamides is 2. The number of aromatic nitrogens is 2. The molecule has 12 heteroatoms. The third-order valence-corrected chi connectivity index (χ3v) is 10.9. The van der Waals surface area contributed by atoms with E-state index in [0.717, 1.165) is 17.0 Å². The highest BCUT2D eigenvalue weighted by molar-refractivity contribution is 7.91. The van der Waals surface area contributed by atoms with Gasteiger partial charge in [-0.1, -0.05) is 29.8 Å². The maximum atomic E-state index is 13.4. The molecule has 8 nitrogen and oxygen atoms in total. The number of benzene rings is 1. The van der Waals surface area contributed by atoms with Crippen molar-refractivity contribution >= 4 is 43.0 Å². The van der Waals surface area contributed by atoms with Gasteiger partial charge in [0.05, 0.1) is 21.4 Å². The Balaban J connectivity index is 1.57. The third-order valence-electron chi connectivity index (χ3n) is 5.16. The largest absolute Gasteiger partial charge is 0.252 e. The van der Waals surface area contributed by atoms with Crippen LogP contribution in [0.1, 0.15) is 11.4 Å². The Morgan fingerprint density at radius 2 is 1.45 bits per heavy atom. The number of rotatable bonds is 5. The number of halogens is 1. The fraction of sp³-hybridized carbons (Fsp3) is 0.316. The highest BCUT2D eigenvalue weighted by Crippen LogP contribution is 2.30. The molecule has 31 heavy (non-hydrogen) atoms. The first-order chi connectivity index (χ1) is 14.6. The Morgan fingerprint density at radius 3 is 2.00 bits per heavy atom. The average molecular weight is 501 g/mol. The van der Waals surface area contributed by atoms with E-state index in [9.17, 15) is 16.8 Å². The van der Waals surface area contributed by atoms with E-state index in [1.54, 1.807) is 18.5 Å². The number of piperazine rings is 1. The molecule has 0 aliphatic carbocycles. The quantitative estimate of drug-likeness (QED) is 0.537. The maximum Gasteiger partial charge on any atom is 0.252 e. The van der Waals surface area contributed by atoms with Gasteiger partial charge in [0.2, 0.25) is 10.0 Å². The van der Waals surface area contributed by atoms with Gasteiger partial charge in [0, 0.05) is 26.2 Å². The fourth-order valence-corrected chi connectivity index (χ4v) is 8.50. The summed E-state index contributed by atoms with van der Waals surface area (Å²) < 4.78 is 57.2. The Kier molecular flexibility index (Phi) is 6.01. The smallest absolute Gasteiger partial charge is 0.236 e. The van der Waals surface area contributed by atoms with Crippen molar-refractivity contribution in [2.24, 2.45) is 0 Å². The predicted molar refractivity (Wildman–Crippen MR) is 120 cm³/mol. The molecule has 166 valence electrons. The Morgan fingerprint density at radius 1 is 0.871 bits per heavy atom. The summed E-state index contributed by atoms with van der Waals surface area (Å²) in [7, 11) is -7.52. The lowest BCUT2D eigenvalue weighted by molar-refractivity contribution is 0.273. The minimum absolute atomic E-state index is 0.0655. The minimum Gasteiger partial charge on any atom is -0.236 e. The summed E-state index contributed by atoms with van der Waals surface area (Å²) in [6.45, 7) is 3.66. The van der Waals surface area contributed by atoms with Crippen LogP contribution >= 0.6 is 22.9 Å². The second-order valence-corrected chi connectivity index (χ2v) is 12.9. The monoisotopic (exact) mass is 500 g/mol. The average Bonchev–Trinajstić information content (AvgIpc) is 3.32. The molecule has 4 rings (SSSR count). The maximum absolute atomic E-state index is 13.4. The molecule has 0 N–H and O–H groups in total. The zero-order valence-corrected chi connectivity index (χ0v) is 20.1. The molecule has 0 unspecified atom stereocenters. The van der Waals surface area contributed by atoms with E-state index in [2.05, 4.69) is 5.10 Å². The molecule has 3 heterocycles. The number of para-hydroxylation sites is 1. The molecule has 2 aromatic heterocycles. The lowest BCUT2D eigenvalue weighted by Gasteiger charge is -2.33. The standard InChI is InChI=1S/C19H21ClN4O4S3/c1-14-19(15(2)24(21-14)16-6-4-3-5-7-16)31(27,28)23-12-10-22(11-13-23)30(25,26)18-9-8-17(20)29-18/h3-9H,10-13H2,1-2H3. The van der Waals surface area contributed by atoms with Gasteiger partial charge >= 0.3 is 0 Å². The van der Waals surface area contributed by atoms with E-state index in [-0.39, 0.29) is 35.3 Å². The molecule has 1 aliphatic rings. The third kappa shape index (κ3) is 4.06. The van der Waals surface area contributed by atoms with Gasteiger partial charge in [0.1, 0.15) is 9.10 Å². The van der Waals surface area contributed by atoms with Gasteiger partial charge in [-0.2, -0.15) is 13.7 Å². The van der Waals surface area contributed by atoms with E-state index >= 15 is 0 Å². The molecule has 1 fully saturated rings. The van der Waals surface area contributed by atoms with E-state index in [0.29, 0.717) is 15.7 Å². The van der Waals surface area contributed by atoms with Crippen molar-refractivity contribution in [3.8, 4) is 5.69 Å². The lowest BCUT2D eigenvalue weighted by atomic mass is 10.3. The van der Waals surface area contributed by atoms with Gasteiger partial charge in [-0.05, 0) is 38.1 Å². The Hall–Kier alpha value is -1.76. The van der Waals surface area contributed by atoms with Gasteiger partial charge in [-0.3, -0.25) is 0 Å². The van der Waals surface area contributed by atoms with Crippen LogP contribution in [0.15, 0.2) is 51.6 Å². The van der Waals surface area contributed by atoms with E-state index in [4.69, 9.17) is 11.6 Å². The van der Waals surface area contributed by atoms with Gasteiger partial charge in [0.15, 0.2) is 0 Å². The van der Waals surface area contributed by atoms with Gasteiger partial charge in [-0.25, -0.2) is 21.5 Å². The molecule has 0 radical (unpaired) electrons. The van der Waals surface area contributed by atoms with Gasteiger partial charge in [-0.15, -0.1) is 11.3 Å². The zero-order valence-electron chi connectivity index (χ0n) is 16.9. The minimum atomic E-state index is -3.83. The first kappa shape index (κ1) is 22.4. The molecular formula is C19H21ClN4O4S3. The molecule has 0 bridgehead atoms. The van der Waals surface area contributed by atoms with Gasteiger partial charge in [0.25, 0.3) is 10.0 Å². The second-order valence-electron chi connectivity index (χ2n) is 7.11. The zero-order chi connectivity index (χ0) is 22.4. The summed E-state index contributed by atoms with van der Waals surface area (Å²) in [5, 5.41) is 4.43. The highest BCUT2D eigenvalue weighted by Gasteiger charge is 2.37. The molecule has 1 aliphatic heterocycles. The summed E-state index contributed by atoms with van der Waals surface area (Å²) in [6.07, 6.45) is 0. The van der Waals surface area contributed by atoms with Crippen molar-refractivity contribution in [3.63, 3.8) is 0 Å². The number of hydrogen-bond donors (Lipinski definition) is 0. The number of thiophene rings is 1. The predicted octanol–water partition coefficient (Wildman–Crippen LogP) is 2.90. The summed E-state index contributed by atoms with van der Waals surface area (Å²) >= 11 is 6.86. The van der Waals surface area contributed by atoms with Crippen molar-refractivity contribution in [1.82, 2.24) is 18.4 Å². The topological polar surface area (TPSA) is 92.6 Å². The molecule has 0 spiro atoms. The molecule has 1 aromatic carbocycles. The van der Waals surface area contributed by atoms with E-state index in [1.807, 2.05) is 30.3 Å². The van der Waals surface area contributed by atoms with Crippen molar-refractivity contribution < 1.29 is 16.8 Å². The molecule has 3 aromatic rings. The summed E-state index contributed by atoms with van der Waals surface area (Å²) in [5.74, 6) is 0. The SMILES string of the molecule is Cc1nn(-c2ccccc2)c(C)c1S(=O)(=O)N1CCN(S(=O)(=O)c2ccc(Cl)s2)CC1. The summed E-state index contributed by atoms with van der Waals surface area (Å²) in [5.41, 5.74) is 1.70. The van der Waals surface area contributed by atoms with Crippen LogP contribution in [0.5, 0.6) is 0 Å². The van der Waals surface area contributed by atoms with Crippen molar-refractivity contribution in [3.05, 3.63) is 58.2 Å². The first-order valence-electron chi connectivity index (χ1n) is 9.49. The molecule has 0 amide bonds. The van der Waals surface area contributed by atoms with Crippen LogP contribution in [0, 0.1) is 13.8 Å². The first-order valence-corrected chi connectivity index (χ1v) is 13.6. The van der Waals surface area contributed by atoms with Crippen molar-refractivity contribution in [1.29, 1.82) is 0 Å². The summed E-state index contributed by atoms with van der Waals surface area (Å²) in [4.78, 5) is 0.165. The molecular weight excluding hydrogens is 480 g/mol. The normalized spacial score (nSPS) is 16.6. The van der Waals surface area contributed by atoms with Crippen LogP contribution in [-0.2, 0) is 20.0 Å². The number of aryl methyl sites for hydroxylation is 1. The highest BCUT2D eigenvalue weighted by atomic mass is 35.5. The molecule has 0 atom stereocenters. The van der Waals surface area contributed by atoms with Crippen LogP contribution in [0.4, 0.5) is 0 Å². The summed E-state index contributed by atoms with van der Waals surface area (Å²) in [6, 6.07) is 12.3. The van der Waals surface area contributed by atoms with E-state index in [1.165, 1.54) is 20.7 Å². The fourth-order valence-electron chi connectivity index (χ4n) is 3.67. The van der Waals surface area contributed by atoms with Crippen molar-refractivity contribution in [2.45, 2.75) is 23.0 Å². The van der Waals surface area contributed by atoms with Crippen molar-refractivity contribution in [2.75, 3.05) is 26.2 Å². The van der Waals surface area contributed by atoms with E-state index < -0.39 is 20.0 Å². The number of nitrogens with zero attached hydrogens (tertiary/aromatic N) is 4.